The molecule has 0 aliphatic rings. The van der Waals surface area contributed by atoms with Gasteiger partial charge in [0, 0.05) is 5.39 Å². The van der Waals surface area contributed by atoms with Gasteiger partial charge in [-0.25, -0.2) is 5.10 Å². The van der Waals surface area contributed by atoms with E-state index in [1.54, 1.807) is 0 Å². The Morgan fingerprint density at radius 1 is 1.07 bits per heavy atom. The van der Waals surface area contributed by atoms with Gasteiger partial charge in [-0.3, -0.25) is 4.79 Å². The highest BCUT2D eigenvalue weighted by atomic mass is 16.1. The van der Waals surface area contributed by atoms with Crippen molar-refractivity contribution in [1.29, 1.82) is 0 Å². The number of nitrogens with zero attached hydrogens (tertiary/aromatic N) is 1. The number of H-pyrrole nitrogens is 1. The standard InChI is InChI=1S/C11H12N2O/c1-6-4-9-8(3)12-13-11(14)10(9)5-7(6)2/h4-5H,1-3H3,(H,13,14). The van der Waals surface area contributed by atoms with Gasteiger partial charge in [-0.1, -0.05) is 0 Å². The molecule has 1 heterocycles. The number of fused-ring (bicyclic) bond motifs is 1. The first-order valence-electron chi connectivity index (χ1n) is 4.56. The summed E-state index contributed by atoms with van der Waals surface area (Å²) in [4.78, 5) is 11.5. The molecule has 0 atom stereocenters. The fraction of sp³-hybridized carbons (Fsp3) is 0.273. The molecular weight excluding hydrogens is 176 g/mol. The summed E-state index contributed by atoms with van der Waals surface area (Å²) in [6, 6.07) is 3.93. The Kier molecular flexibility index (Phi) is 1.88. The summed E-state index contributed by atoms with van der Waals surface area (Å²) < 4.78 is 0. The second-order valence-electron chi connectivity index (χ2n) is 3.62. The van der Waals surface area contributed by atoms with Crippen LogP contribution >= 0.6 is 0 Å². The fourth-order valence-electron chi connectivity index (χ4n) is 1.56. The van der Waals surface area contributed by atoms with Crippen LogP contribution in [0.4, 0.5) is 0 Å². The van der Waals surface area contributed by atoms with Gasteiger partial charge in [-0.2, -0.15) is 5.10 Å². The van der Waals surface area contributed by atoms with Crippen LogP contribution in [0, 0.1) is 20.8 Å². The van der Waals surface area contributed by atoms with Gasteiger partial charge >= 0.3 is 0 Å². The molecule has 0 bridgehead atoms. The van der Waals surface area contributed by atoms with Crippen molar-refractivity contribution in [2.24, 2.45) is 0 Å². The van der Waals surface area contributed by atoms with E-state index >= 15 is 0 Å². The minimum atomic E-state index is -0.117. The molecule has 0 saturated heterocycles. The van der Waals surface area contributed by atoms with Gasteiger partial charge in [0.05, 0.1) is 11.1 Å². The molecule has 0 spiro atoms. The molecule has 0 fully saturated rings. The highest BCUT2D eigenvalue weighted by molar-refractivity contribution is 5.84. The maximum absolute atomic E-state index is 11.5. The van der Waals surface area contributed by atoms with Crippen molar-refractivity contribution in [3.63, 3.8) is 0 Å². The van der Waals surface area contributed by atoms with Gasteiger partial charge in [0.25, 0.3) is 5.56 Å². The lowest BCUT2D eigenvalue weighted by Crippen LogP contribution is -2.10. The zero-order valence-electron chi connectivity index (χ0n) is 8.51. The molecule has 1 aromatic heterocycles. The summed E-state index contributed by atoms with van der Waals surface area (Å²) in [5.41, 5.74) is 3.07. The SMILES string of the molecule is Cc1cc2c(C)n[nH]c(=O)c2cc1C. The third kappa shape index (κ3) is 1.21. The van der Waals surface area contributed by atoms with E-state index in [9.17, 15) is 4.79 Å². The van der Waals surface area contributed by atoms with Gasteiger partial charge in [0.15, 0.2) is 0 Å². The fourth-order valence-corrected chi connectivity index (χ4v) is 1.56. The average Bonchev–Trinajstić information content (AvgIpc) is 2.15. The largest absolute Gasteiger partial charge is 0.272 e. The van der Waals surface area contributed by atoms with E-state index in [0.29, 0.717) is 0 Å². The molecule has 1 aromatic carbocycles. The predicted molar refractivity (Wildman–Crippen MR) is 56.6 cm³/mol. The molecule has 2 aromatic rings. The Hall–Kier alpha value is -1.64. The monoisotopic (exact) mass is 188 g/mol. The molecule has 2 rings (SSSR count). The maximum atomic E-state index is 11.5. The van der Waals surface area contributed by atoms with E-state index in [1.807, 2.05) is 32.9 Å². The van der Waals surface area contributed by atoms with E-state index < -0.39 is 0 Å². The summed E-state index contributed by atoms with van der Waals surface area (Å²) in [7, 11) is 0. The number of rotatable bonds is 0. The molecule has 3 nitrogen and oxygen atoms in total. The zero-order valence-corrected chi connectivity index (χ0v) is 8.51. The third-order valence-corrected chi connectivity index (χ3v) is 2.59. The molecule has 0 amide bonds. The van der Waals surface area contributed by atoms with Crippen molar-refractivity contribution in [2.75, 3.05) is 0 Å². The minimum absolute atomic E-state index is 0.117. The highest BCUT2D eigenvalue weighted by Crippen LogP contribution is 2.17. The van der Waals surface area contributed by atoms with E-state index in [0.717, 1.165) is 22.0 Å². The molecule has 3 heteroatoms. The molecule has 0 unspecified atom stereocenters. The Morgan fingerprint density at radius 3 is 2.29 bits per heavy atom. The predicted octanol–water partition coefficient (Wildman–Crippen LogP) is 1.85. The molecular formula is C11H12N2O. The second-order valence-corrected chi connectivity index (χ2v) is 3.62. The molecule has 0 aliphatic carbocycles. The molecule has 1 N–H and O–H groups in total. The Morgan fingerprint density at radius 2 is 1.64 bits per heavy atom. The second kappa shape index (κ2) is 2.94. The van der Waals surface area contributed by atoms with Crippen LogP contribution in [-0.4, -0.2) is 10.2 Å². The van der Waals surface area contributed by atoms with Crippen molar-refractivity contribution >= 4 is 10.8 Å². The summed E-state index contributed by atoms with van der Waals surface area (Å²) in [6.07, 6.45) is 0. The van der Waals surface area contributed by atoms with Gasteiger partial charge in [-0.15, -0.1) is 0 Å². The summed E-state index contributed by atoms with van der Waals surface area (Å²) in [6.45, 7) is 5.94. The first kappa shape index (κ1) is 8.94. The number of aromatic amines is 1. The van der Waals surface area contributed by atoms with Crippen molar-refractivity contribution in [2.45, 2.75) is 20.8 Å². The smallest absolute Gasteiger partial charge is 0.267 e. The van der Waals surface area contributed by atoms with Crippen LogP contribution in [0.1, 0.15) is 16.8 Å². The van der Waals surface area contributed by atoms with E-state index in [-0.39, 0.29) is 5.56 Å². The molecule has 72 valence electrons. The molecule has 0 radical (unpaired) electrons. The summed E-state index contributed by atoms with van der Waals surface area (Å²) in [5.74, 6) is 0. The number of aromatic nitrogens is 2. The first-order valence-corrected chi connectivity index (χ1v) is 4.56. The van der Waals surface area contributed by atoms with Gasteiger partial charge in [0.1, 0.15) is 0 Å². The number of nitrogens with one attached hydrogen (secondary N) is 1. The van der Waals surface area contributed by atoms with E-state index in [4.69, 9.17) is 0 Å². The Labute approximate surface area is 81.8 Å². The van der Waals surface area contributed by atoms with E-state index in [1.165, 1.54) is 5.56 Å². The Balaban J connectivity index is 3.02. The van der Waals surface area contributed by atoms with Gasteiger partial charge in [-0.05, 0) is 44.0 Å². The van der Waals surface area contributed by atoms with Crippen molar-refractivity contribution < 1.29 is 0 Å². The maximum Gasteiger partial charge on any atom is 0.272 e. The number of benzene rings is 1. The van der Waals surface area contributed by atoms with Crippen LogP contribution in [-0.2, 0) is 0 Å². The van der Waals surface area contributed by atoms with Crippen LogP contribution in [0.5, 0.6) is 0 Å². The van der Waals surface area contributed by atoms with Crippen molar-refractivity contribution in [3.05, 3.63) is 39.3 Å². The van der Waals surface area contributed by atoms with Crippen LogP contribution in [0.15, 0.2) is 16.9 Å². The van der Waals surface area contributed by atoms with Crippen LogP contribution in [0.3, 0.4) is 0 Å². The first-order chi connectivity index (χ1) is 6.59. The van der Waals surface area contributed by atoms with Crippen molar-refractivity contribution in [1.82, 2.24) is 10.2 Å². The quantitative estimate of drug-likeness (QED) is 0.685. The van der Waals surface area contributed by atoms with Gasteiger partial charge < -0.3 is 0 Å². The third-order valence-electron chi connectivity index (χ3n) is 2.59. The van der Waals surface area contributed by atoms with Crippen molar-refractivity contribution in [3.8, 4) is 0 Å². The number of hydrogen-bond acceptors (Lipinski definition) is 2. The summed E-state index contributed by atoms with van der Waals surface area (Å²) >= 11 is 0. The topological polar surface area (TPSA) is 45.8 Å². The minimum Gasteiger partial charge on any atom is -0.267 e. The summed E-state index contributed by atoms with van der Waals surface area (Å²) in [5, 5.41) is 8.09. The lowest BCUT2D eigenvalue weighted by Gasteiger charge is -2.04. The van der Waals surface area contributed by atoms with Crippen LogP contribution in [0.25, 0.3) is 10.8 Å². The highest BCUT2D eigenvalue weighted by Gasteiger charge is 2.04. The normalized spacial score (nSPS) is 10.8. The lowest BCUT2D eigenvalue weighted by atomic mass is 10.0. The Bertz CT molecular complexity index is 555. The number of hydrogen-bond donors (Lipinski definition) is 1. The number of aryl methyl sites for hydroxylation is 3. The van der Waals surface area contributed by atoms with Crippen LogP contribution < -0.4 is 5.56 Å². The molecule has 0 aliphatic heterocycles. The lowest BCUT2D eigenvalue weighted by molar-refractivity contribution is 0.969. The average molecular weight is 188 g/mol. The molecule has 14 heavy (non-hydrogen) atoms. The van der Waals surface area contributed by atoms with Gasteiger partial charge in [0.2, 0.25) is 0 Å². The zero-order chi connectivity index (χ0) is 10.3. The molecule has 0 saturated carbocycles. The van der Waals surface area contributed by atoms with Crippen LogP contribution in [0.2, 0.25) is 0 Å². The van der Waals surface area contributed by atoms with E-state index in [2.05, 4.69) is 10.2 Å².